The van der Waals surface area contributed by atoms with Gasteiger partial charge in [-0.3, -0.25) is 0 Å². The van der Waals surface area contributed by atoms with Crippen molar-refractivity contribution in [3.8, 4) is 45.1 Å². The first-order valence-electron chi connectivity index (χ1n) is 16.3. The van der Waals surface area contributed by atoms with Crippen molar-refractivity contribution in [1.29, 1.82) is 5.26 Å². The van der Waals surface area contributed by atoms with Crippen LogP contribution in [-0.2, 0) is 0 Å². The Kier molecular flexibility index (Phi) is 8.44. The van der Waals surface area contributed by atoms with E-state index in [2.05, 4.69) is 164 Å². The number of rotatable bonds is 4. The SMILES string of the molecule is Cc1cccc(C#N)c1.Cc1ccccc1-c1cc(-c2ccc3c(c2)c2ccccc2n3-c2ccc(-c3ccccc3)cc2)ccc1C. The van der Waals surface area contributed by atoms with Crippen LogP contribution in [0.5, 0.6) is 0 Å². The van der Waals surface area contributed by atoms with Gasteiger partial charge in [-0.05, 0) is 119 Å². The first kappa shape index (κ1) is 30.5. The van der Waals surface area contributed by atoms with E-state index in [0.717, 1.165) is 11.1 Å². The number of benzene rings is 7. The van der Waals surface area contributed by atoms with Crippen molar-refractivity contribution in [2.75, 3.05) is 0 Å². The molecule has 8 rings (SSSR count). The minimum absolute atomic E-state index is 0.731. The van der Waals surface area contributed by atoms with E-state index in [0.29, 0.717) is 0 Å². The molecule has 1 aromatic heterocycles. The average molecular weight is 617 g/mol. The first-order chi connectivity index (χ1) is 23.5. The van der Waals surface area contributed by atoms with Gasteiger partial charge in [-0.15, -0.1) is 0 Å². The normalized spacial score (nSPS) is 10.8. The topological polar surface area (TPSA) is 28.7 Å². The highest BCUT2D eigenvalue weighted by Gasteiger charge is 2.14. The summed E-state index contributed by atoms with van der Waals surface area (Å²) in [6, 6.07) is 60.2. The Morgan fingerprint density at radius 2 is 1.06 bits per heavy atom. The summed E-state index contributed by atoms with van der Waals surface area (Å²) in [6.45, 7) is 6.36. The molecule has 0 aliphatic carbocycles. The summed E-state index contributed by atoms with van der Waals surface area (Å²) in [7, 11) is 0. The fraction of sp³-hybridized carbons (Fsp3) is 0.0652. The van der Waals surface area contributed by atoms with Gasteiger partial charge < -0.3 is 4.57 Å². The van der Waals surface area contributed by atoms with Gasteiger partial charge in [0.1, 0.15) is 0 Å². The predicted octanol–water partition coefficient (Wildman–Crippen LogP) is 12.3. The fourth-order valence-corrected chi connectivity index (χ4v) is 6.55. The van der Waals surface area contributed by atoms with Crippen LogP contribution in [0.25, 0.3) is 60.9 Å². The minimum Gasteiger partial charge on any atom is -0.309 e. The number of nitrogens with zero attached hydrogens (tertiary/aromatic N) is 2. The molecular weight excluding hydrogens is 581 g/mol. The summed E-state index contributed by atoms with van der Waals surface area (Å²) in [6.07, 6.45) is 0. The molecule has 0 spiro atoms. The van der Waals surface area contributed by atoms with Crippen molar-refractivity contribution in [1.82, 2.24) is 4.57 Å². The van der Waals surface area contributed by atoms with Crippen molar-refractivity contribution >= 4 is 21.8 Å². The molecule has 1 heterocycles. The van der Waals surface area contributed by atoms with Crippen molar-refractivity contribution in [2.24, 2.45) is 0 Å². The number of aromatic nitrogens is 1. The Morgan fingerprint density at radius 3 is 1.81 bits per heavy atom. The molecule has 0 N–H and O–H groups in total. The van der Waals surface area contributed by atoms with E-state index in [4.69, 9.17) is 5.26 Å². The van der Waals surface area contributed by atoms with Crippen LogP contribution in [0, 0.1) is 32.1 Å². The monoisotopic (exact) mass is 616 g/mol. The van der Waals surface area contributed by atoms with Gasteiger partial charge in [0.25, 0.3) is 0 Å². The van der Waals surface area contributed by atoms with E-state index in [-0.39, 0.29) is 0 Å². The lowest BCUT2D eigenvalue weighted by molar-refractivity contribution is 1.18. The molecule has 0 aliphatic heterocycles. The van der Waals surface area contributed by atoms with E-state index in [1.807, 2.05) is 25.1 Å². The van der Waals surface area contributed by atoms with E-state index in [9.17, 15) is 0 Å². The minimum atomic E-state index is 0.731. The van der Waals surface area contributed by atoms with Crippen LogP contribution >= 0.6 is 0 Å². The Morgan fingerprint density at radius 1 is 0.438 bits per heavy atom. The van der Waals surface area contributed by atoms with Gasteiger partial charge >= 0.3 is 0 Å². The zero-order chi connectivity index (χ0) is 33.0. The number of nitriles is 1. The van der Waals surface area contributed by atoms with E-state index in [1.54, 1.807) is 6.07 Å². The molecule has 0 fully saturated rings. The van der Waals surface area contributed by atoms with Crippen LogP contribution in [0.15, 0.2) is 164 Å². The highest BCUT2D eigenvalue weighted by Crippen LogP contribution is 2.37. The summed E-state index contributed by atoms with van der Waals surface area (Å²) < 4.78 is 2.39. The van der Waals surface area contributed by atoms with Gasteiger partial charge in [-0.2, -0.15) is 5.26 Å². The molecule has 230 valence electrons. The van der Waals surface area contributed by atoms with Crippen LogP contribution < -0.4 is 0 Å². The van der Waals surface area contributed by atoms with Crippen LogP contribution in [-0.4, -0.2) is 4.57 Å². The van der Waals surface area contributed by atoms with Crippen molar-refractivity contribution < 1.29 is 0 Å². The van der Waals surface area contributed by atoms with E-state index >= 15 is 0 Å². The molecule has 0 amide bonds. The molecule has 0 saturated heterocycles. The van der Waals surface area contributed by atoms with Crippen LogP contribution in [0.3, 0.4) is 0 Å². The molecule has 0 aliphatic rings. The van der Waals surface area contributed by atoms with Gasteiger partial charge in [0, 0.05) is 16.5 Å². The lowest BCUT2D eigenvalue weighted by atomic mass is 9.92. The zero-order valence-corrected chi connectivity index (χ0v) is 27.5. The zero-order valence-electron chi connectivity index (χ0n) is 27.5. The lowest BCUT2D eigenvalue weighted by Crippen LogP contribution is -1.93. The maximum Gasteiger partial charge on any atom is 0.0991 e. The summed E-state index contributed by atoms with van der Waals surface area (Å²) in [5, 5.41) is 11.0. The molecule has 0 bridgehead atoms. The van der Waals surface area contributed by atoms with E-state index in [1.165, 1.54) is 72.0 Å². The Balaban J connectivity index is 0.000000353. The van der Waals surface area contributed by atoms with Gasteiger partial charge in [0.05, 0.1) is 22.7 Å². The second kappa shape index (κ2) is 13.3. The van der Waals surface area contributed by atoms with Crippen LogP contribution in [0.1, 0.15) is 22.3 Å². The third kappa shape index (κ3) is 6.03. The Bertz CT molecular complexity index is 2420. The number of aryl methyl sites for hydroxylation is 3. The molecule has 7 aromatic carbocycles. The van der Waals surface area contributed by atoms with Gasteiger partial charge in [0.2, 0.25) is 0 Å². The van der Waals surface area contributed by atoms with Crippen LogP contribution in [0.4, 0.5) is 0 Å². The average Bonchev–Trinajstić information content (AvgIpc) is 3.46. The maximum atomic E-state index is 8.41. The molecule has 2 heteroatoms. The largest absolute Gasteiger partial charge is 0.309 e. The summed E-state index contributed by atoms with van der Waals surface area (Å²) >= 11 is 0. The highest BCUT2D eigenvalue weighted by atomic mass is 15.0. The molecule has 0 atom stereocenters. The fourth-order valence-electron chi connectivity index (χ4n) is 6.55. The molecule has 0 radical (unpaired) electrons. The molecule has 0 unspecified atom stereocenters. The second-order valence-corrected chi connectivity index (χ2v) is 12.3. The Hall–Kier alpha value is -6.17. The molecule has 8 aromatic rings. The van der Waals surface area contributed by atoms with Crippen molar-refractivity contribution in [3.63, 3.8) is 0 Å². The molecule has 48 heavy (non-hydrogen) atoms. The van der Waals surface area contributed by atoms with Gasteiger partial charge in [-0.25, -0.2) is 0 Å². The summed E-state index contributed by atoms with van der Waals surface area (Å²) in [5.41, 5.74) is 15.6. The van der Waals surface area contributed by atoms with Crippen LogP contribution in [0.2, 0.25) is 0 Å². The standard InChI is InChI=1S/C38H29N.C8H7N/c1-26-10-6-7-13-33(26)35-24-30(17-16-27(35)2)31-20-23-38-36(25-31)34-14-8-9-15-37(34)39(38)32-21-18-29(19-22-32)28-11-4-3-5-12-28;1-7-3-2-4-8(5-7)6-9/h3-25H,1-2H3;2-5H,1H3. The number of hydrogen-bond donors (Lipinski definition) is 0. The Labute approximate surface area is 282 Å². The van der Waals surface area contributed by atoms with Gasteiger partial charge in [-0.1, -0.05) is 115 Å². The third-order valence-corrected chi connectivity index (χ3v) is 9.06. The number of para-hydroxylation sites is 1. The van der Waals surface area contributed by atoms with E-state index < -0.39 is 0 Å². The quantitative estimate of drug-likeness (QED) is 0.193. The molecule has 0 saturated carbocycles. The molecular formula is C46H36N2. The third-order valence-electron chi connectivity index (χ3n) is 9.06. The van der Waals surface area contributed by atoms with Crippen molar-refractivity contribution in [3.05, 3.63) is 186 Å². The van der Waals surface area contributed by atoms with Crippen molar-refractivity contribution in [2.45, 2.75) is 20.8 Å². The summed E-state index contributed by atoms with van der Waals surface area (Å²) in [4.78, 5) is 0. The second-order valence-electron chi connectivity index (χ2n) is 12.3. The maximum absolute atomic E-state index is 8.41. The number of fused-ring (bicyclic) bond motifs is 3. The molecule has 2 nitrogen and oxygen atoms in total. The van der Waals surface area contributed by atoms with Gasteiger partial charge in [0.15, 0.2) is 0 Å². The first-order valence-corrected chi connectivity index (χ1v) is 16.3. The predicted molar refractivity (Wildman–Crippen MR) is 202 cm³/mol. The highest BCUT2D eigenvalue weighted by molar-refractivity contribution is 6.10. The lowest BCUT2D eigenvalue weighted by Gasteiger charge is -2.13. The number of hydrogen-bond acceptors (Lipinski definition) is 1. The summed E-state index contributed by atoms with van der Waals surface area (Å²) in [5.74, 6) is 0. The smallest absolute Gasteiger partial charge is 0.0991 e.